The number of aromatic nitrogens is 2. The molecule has 0 atom stereocenters. The Kier molecular flexibility index (Phi) is 2.67. The van der Waals surface area contributed by atoms with Crippen molar-refractivity contribution in [2.24, 2.45) is 0 Å². The molecule has 0 fully saturated rings. The van der Waals surface area contributed by atoms with Crippen molar-refractivity contribution in [1.29, 1.82) is 0 Å². The molecule has 0 aliphatic heterocycles. The average molecular weight is 259 g/mol. The summed E-state index contributed by atoms with van der Waals surface area (Å²) in [6, 6.07) is 3.66. The fourth-order valence-electron chi connectivity index (χ4n) is 1.67. The molecule has 0 aliphatic rings. The van der Waals surface area contributed by atoms with Crippen molar-refractivity contribution in [3.8, 4) is 0 Å². The molecule has 2 aromatic heterocycles. The molecule has 0 radical (unpaired) electrons. The van der Waals surface area contributed by atoms with Crippen LogP contribution in [-0.2, 0) is 15.5 Å². The maximum Gasteiger partial charge on any atom is 0.279 e. The zero-order valence-electron chi connectivity index (χ0n) is 8.94. The van der Waals surface area contributed by atoms with E-state index in [0.717, 1.165) is 5.56 Å². The Balaban J connectivity index is 2.92. The van der Waals surface area contributed by atoms with Crippen LogP contribution in [0.1, 0.15) is 18.2 Å². The Morgan fingerprint density at radius 2 is 2.12 bits per heavy atom. The van der Waals surface area contributed by atoms with E-state index in [1.54, 1.807) is 12.3 Å². The van der Waals surface area contributed by atoms with Crippen molar-refractivity contribution in [1.82, 2.24) is 9.38 Å². The van der Waals surface area contributed by atoms with Gasteiger partial charge in [0, 0.05) is 16.9 Å². The monoisotopic (exact) mass is 258 g/mol. The summed E-state index contributed by atoms with van der Waals surface area (Å²) in [5.41, 5.74) is 2.05. The van der Waals surface area contributed by atoms with Gasteiger partial charge in [0.25, 0.3) is 9.05 Å². The van der Waals surface area contributed by atoms with Crippen molar-refractivity contribution in [2.45, 2.75) is 25.3 Å². The summed E-state index contributed by atoms with van der Waals surface area (Å²) in [6.07, 6.45) is 2.25. The molecular formula is C10H11ClN2O2S. The van der Waals surface area contributed by atoms with Crippen molar-refractivity contribution in [3.05, 3.63) is 29.6 Å². The van der Waals surface area contributed by atoms with Gasteiger partial charge in [-0.25, -0.2) is 13.4 Å². The second kappa shape index (κ2) is 3.75. The molecule has 2 heterocycles. The highest BCUT2D eigenvalue weighted by Gasteiger charge is 2.21. The number of halogens is 1. The second-order valence-corrected chi connectivity index (χ2v) is 6.07. The molecule has 0 saturated carbocycles. The first-order valence-corrected chi connectivity index (χ1v) is 7.16. The lowest BCUT2D eigenvalue weighted by Gasteiger charge is -2.00. The van der Waals surface area contributed by atoms with Crippen LogP contribution >= 0.6 is 10.7 Å². The molecule has 0 N–H and O–H groups in total. The summed E-state index contributed by atoms with van der Waals surface area (Å²) >= 11 is 0. The van der Waals surface area contributed by atoms with Crippen LogP contribution < -0.4 is 0 Å². The van der Waals surface area contributed by atoms with E-state index in [0.29, 0.717) is 17.8 Å². The number of hydrogen-bond acceptors (Lipinski definition) is 3. The summed E-state index contributed by atoms with van der Waals surface area (Å²) in [6.45, 7) is 3.73. The third-order valence-electron chi connectivity index (χ3n) is 2.36. The lowest BCUT2D eigenvalue weighted by Crippen LogP contribution is -2.00. The van der Waals surface area contributed by atoms with Crippen LogP contribution in [-0.4, -0.2) is 17.8 Å². The maximum absolute atomic E-state index is 11.5. The zero-order chi connectivity index (χ0) is 11.9. The molecule has 0 amide bonds. The van der Waals surface area contributed by atoms with E-state index in [2.05, 4.69) is 4.98 Å². The Bertz CT molecular complexity index is 646. The molecule has 0 bridgehead atoms. The van der Waals surface area contributed by atoms with Crippen LogP contribution in [0.2, 0.25) is 0 Å². The fourth-order valence-corrected chi connectivity index (χ4v) is 3.01. The number of hydrogen-bond donors (Lipinski definition) is 0. The van der Waals surface area contributed by atoms with Crippen molar-refractivity contribution >= 4 is 25.4 Å². The lowest BCUT2D eigenvalue weighted by molar-refractivity contribution is 0.603. The van der Waals surface area contributed by atoms with Gasteiger partial charge in [-0.1, -0.05) is 13.0 Å². The molecule has 86 valence electrons. The first-order chi connectivity index (χ1) is 7.43. The van der Waals surface area contributed by atoms with Gasteiger partial charge in [-0.15, -0.1) is 0 Å². The van der Waals surface area contributed by atoms with E-state index >= 15 is 0 Å². The molecule has 0 saturated heterocycles. The van der Waals surface area contributed by atoms with Crippen molar-refractivity contribution in [2.75, 3.05) is 0 Å². The molecular weight excluding hydrogens is 248 g/mol. The summed E-state index contributed by atoms with van der Waals surface area (Å²) in [5, 5.41) is 0.0790. The van der Waals surface area contributed by atoms with Gasteiger partial charge in [0.15, 0.2) is 5.03 Å². The zero-order valence-corrected chi connectivity index (χ0v) is 10.5. The molecule has 16 heavy (non-hydrogen) atoms. The molecule has 0 aromatic carbocycles. The number of rotatable bonds is 2. The van der Waals surface area contributed by atoms with Crippen LogP contribution in [0, 0.1) is 6.92 Å². The van der Waals surface area contributed by atoms with Crippen LogP contribution in [0.15, 0.2) is 23.4 Å². The topological polar surface area (TPSA) is 51.4 Å². The summed E-state index contributed by atoms with van der Waals surface area (Å²) in [5.74, 6) is 0. The molecule has 0 unspecified atom stereocenters. The summed E-state index contributed by atoms with van der Waals surface area (Å²) in [4.78, 5) is 4.24. The molecule has 0 aliphatic carbocycles. The summed E-state index contributed by atoms with van der Waals surface area (Å²) in [7, 11) is 1.65. The van der Waals surface area contributed by atoms with Gasteiger partial charge in [0.05, 0.1) is 5.69 Å². The Morgan fingerprint density at radius 1 is 1.44 bits per heavy atom. The van der Waals surface area contributed by atoms with E-state index in [4.69, 9.17) is 10.7 Å². The predicted octanol–water partition coefficient (Wildman–Crippen LogP) is 2.13. The number of fused-ring (bicyclic) bond motifs is 1. The minimum Gasteiger partial charge on any atom is -0.289 e. The second-order valence-electron chi connectivity index (χ2n) is 3.59. The predicted molar refractivity (Wildman–Crippen MR) is 62.3 cm³/mol. The van der Waals surface area contributed by atoms with Crippen LogP contribution in [0.3, 0.4) is 0 Å². The smallest absolute Gasteiger partial charge is 0.279 e. The first kappa shape index (κ1) is 11.4. The van der Waals surface area contributed by atoms with Gasteiger partial charge in [0.1, 0.15) is 5.65 Å². The minimum absolute atomic E-state index is 0.0790. The third-order valence-corrected chi connectivity index (χ3v) is 3.69. The van der Waals surface area contributed by atoms with Crippen molar-refractivity contribution < 1.29 is 8.42 Å². The van der Waals surface area contributed by atoms with Gasteiger partial charge >= 0.3 is 0 Å². The van der Waals surface area contributed by atoms with Crippen LogP contribution in [0.4, 0.5) is 0 Å². The quantitative estimate of drug-likeness (QED) is 0.776. The van der Waals surface area contributed by atoms with E-state index in [9.17, 15) is 8.42 Å². The number of nitrogens with zero attached hydrogens (tertiary/aromatic N) is 2. The van der Waals surface area contributed by atoms with Crippen molar-refractivity contribution in [3.63, 3.8) is 0 Å². The van der Waals surface area contributed by atoms with E-state index < -0.39 is 9.05 Å². The number of pyridine rings is 1. The molecule has 2 rings (SSSR count). The largest absolute Gasteiger partial charge is 0.289 e. The van der Waals surface area contributed by atoms with Gasteiger partial charge in [0.2, 0.25) is 0 Å². The van der Waals surface area contributed by atoms with E-state index in [1.807, 2.05) is 19.9 Å². The SMILES string of the molecule is CCc1nc2ccc(C)cn2c1S(=O)(=O)Cl. The van der Waals surface area contributed by atoms with Gasteiger partial charge in [-0.2, -0.15) is 0 Å². The Morgan fingerprint density at radius 3 is 2.69 bits per heavy atom. The highest BCUT2D eigenvalue weighted by Crippen LogP contribution is 2.22. The Labute approximate surface area is 98.3 Å². The van der Waals surface area contributed by atoms with Crippen LogP contribution in [0.25, 0.3) is 5.65 Å². The normalized spacial score (nSPS) is 12.2. The average Bonchev–Trinajstić information content (AvgIpc) is 2.54. The highest BCUT2D eigenvalue weighted by atomic mass is 35.7. The van der Waals surface area contributed by atoms with Crippen LogP contribution in [0.5, 0.6) is 0 Å². The maximum atomic E-state index is 11.5. The minimum atomic E-state index is -3.77. The number of aryl methyl sites for hydroxylation is 2. The van der Waals surface area contributed by atoms with Gasteiger partial charge < -0.3 is 0 Å². The number of imidazole rings is 1. The fraction of sp³-hybridized carbons (Fsp3) is 0.300. The summed E-state index contributed by atoms with van der Waals surface area (Å²) < 4.78 is 24.5. The van der Waals surface area contributed by atoms with Gasteiger partial charge in [-0.05, 0) is 25.0 Å². The van der Waals surface area contributed by atoms with E-state index in [-0.39, 0.29) is 5.03 Å². The molecule has 0 spiro atoms. The molecule has 6 heteroatoms. The highest BCUT2D eigenvalue weighted by molar-refractivity contribution is 8.13. The molecule has 2 aromatic rings. The van der Waals surface area contributed by atoms with Gasteiger partial charge in [-0.3, -0.25) is 4.40 Å². The van der Waals surface area contributed by atoms with E-state index in [1.165, 1.54) is 4.40 Å². The first-order valence-electron chi connectivity index (χ1n) is 4.85. The standard InChI is InChI=1S/C10H11ClN2O2S/c1-3-8-10(16(11,14)15)13-6-7(2)4-5-9(13)12-8/h4-6H,3H2,1-2H3. The Hall–Kier alpha value is -1.07. The third kappa shape index (κ3) is 1.81. The lowest BCUT2D eigenvalue weighted by atomic mass is 10.3. The molecule has 4 nitrogen and oxygen atoms in total.